The molecule has 1 atom stereocenters. The Kier molecular flexibility index (Phi) is 4.33. The quantitative estimate of drug-likeness (QED) is 0.724. The fourth-order valence-corrected chi connectivity index (χ4v) is 2.16. The van der Waals surface area contributed by atoms with Gasteiger partial charge in [0, 0.05) is 5.56 Å². The fourth-order valence-electron chi connectivity index (χ4n) is 2.16. The van der Waals surface area contributed by atoms with Crippen molar-refractivity contribution >= 4 is 5.78 Å². The molecule has 0 fully saturated rings. The highest BCUT2D eigenvalue weighted by Gasteiger charge is 2.14. The van der Waals surface area contributed by atoms with Crippen molar-refractivity contribution in [1.29, 1.82) is 0 Å². The van der Waals surface area contributed by atoms with Crippen LogP contribution in [0.2, 0.25) is 0 Å². The van der Waals surface area contributed by atoms with E-state index >= 15 is 0 Å². The second-order valence-corrected chi connectivity index (χ2v) is 5.24. The van der Waals surface area contributed by atoms with E-state index in [2.05, 4.69) is 13.8 Å². The summed E-state index contributed by atoms with van der Waals surface area (Å²) < 4.78 is 13.8. The van der Waals surface area contributed by atoms with Crippen molar-refractivity contribution in [1.82, 2.24) is 0 Å². The van der Waals surface area contributed by atoms with Gasteiger partial charge in [0.25, 0.3) is 0 Å². The Morgan fingerprint density at radius 1 is 1.15 bits per heavy atom. The molecule has 20 heavy (non-hydrogen) atoms. The van der Waals surface area contributed by atoms with E-state index in [1.807, 2.05) is 12.1 Å². The van der Waals surface area contributed by atoms with Crippen LogP contribution in [0.4, 0.5) is 4.39 Å². The Labute approximate surface area is 119 Å². The second kappa shape index (κ2) is 6.00. The van der Waals surface area contributed by atoms with Gasteiger partial charge in [-0.1, -0.05) is 44.2 Å². The monoisotopic (exact) mass is 270 g/mol. The van der Waals surface area contributed by atoms with Gasteiger partial charge in [-0.25, -0.2) is 4.39 Å². The van der Waals surface area contributed by atoms with E-state index in [0.29, 0.717) is 11.5 Å². The summed E-state index contributed by atoms with van der Waals surface area (Å²) in [6.45, 7) is 6.08. The number of benzene rings is 2. The molecule has 0 aliphatic rings. The zero-order chi connectivity index (χ0) is 14.7. The van der Waals surface area contributed by atoms with Crippen LogP contribution in [0.1, 0.15) is 53.2 Å². The number of rotatable bonds is 4. The summed E-state index contributed by atoms with van der Waals surface area (Å²) in [6, 6.07) is 12.2. The molecule has 0 saturated heterocycles. The van der Waals surface area contributed by atoms with Crippen LogP contribution in [0.5, 0.6) is 0 Å². The summed E-state index contributed by atoms with van der Waals surface area (Å²) in [5.41, 5.74) is 2.67. The van der Waals surface area contributed by atoms with Gasteiger partial charge < -0.3 is 0 Å². The molecule has 0 bridgehead atoms. The zero-order valence-electron chi connectivity index (χ0n) is 12.1. The minimum atomic E-state index is -0.457. The lowest BCUT2D eigenvalue weighted by Crippen LogP contribution is -2.05. The molecule has 1 nitrogen and oxygen atoms in total. The molecule has 2 rings (SSSR count). The van der Waals surface area contributed by atoms with Gasteiger partial charge in [-0.05, 0) is 42.5 Å². The van der Waals surface area contributed by atoms with Crippen LogP contribution < -0.4 is 0 Å². The molecule has 0 N–H and O–H groups in total. The van der Waals surface area contributed by atoms with Crippen molar-refractivity contribution in [2.75, 3.05) is 0 Å². The van der Waals surface area contributed by atoms with Crippen LogP contribution in [-0.4, -0.2) is 5.78 Å². The highest BCUT2D eigenvalue weighted by atomic mass is 19.1. The predicted octanol–water partition coefficient (Wildman–Crippen LogP) is 4.88. The molecular formula is C18H19FO. The third kappa shape index (κ3) is 2.96. The Balaban J connectivity index is 2.29. The second-order valence-electron chi connectivity index (χ2n) is 5.24. The topological polar surface area (TPSA) is 17.1 Å². The molecule has 104 valence electrons. The molecule has 0 radical (unpaired) electrons. The molecule has 2 aromatic rings. The lowest BCUT2D eigenvalue weighted by atomic mass is 9.95. The molecule has 0 aliphatic heterocycles. The first kappa shape index (κ1) is 14.4. The molecule has 2 heteroatoms. The zero-order valence-corrected chi connectivity index (χ0v) is 12.1. The summed E-state index contributed by atoms with van der Waals surface area (Å²) in [6.07, 6.45) is 1.06. The van der Waals surface area contributed by atoms with Crippen LogP contribution in [0, 0.1) is 12.7 Å². The molecular weight excluding hydrogens is 251 g/mol. The Morgan fingerprint density at radius 2 is 1.80 bits per heavy atom. The maximum Gasteiger partial charge on any atom is 0.195 e. The third-order valence-electron chi connectivity index (χ3n) is 3.72. The van der Waals surface area contributed by atoms with Gasteiger partial charge in [0.05, 0.1) is 5.56 Å². The van der Waals surface area contributed by atoms with E-state index in [9.17, 15) is 9.18 Å². The van der Waals surface area contributed by atoms with Crippen LogP contribution in [0.3, 0.4) is 0 Å². The molecule has 0 saturated carbocycles. The highest BCUT2D eigenvalue weighted by Crippen LogP contribution is 2.21. The Morgan fingerprint density at radius 3 is 2.35 bits per heavy atom. The largest absolute Gasteiger partial charge is 0.288 e. The SMILES string of the molecule is CCC(C)c1ccc(C(=O)c2ccc(C)cc2F)cc1. The van der Waals surface area contributed by atoms with Gasteiger partial charge in [0.1, 0.15) is 5.82 Å². The van der Waals surface area contributed by atoms with Gasteiger partial charge in [-0.3, -0.25) is 4.79 Å². The fraction of sp³-hybridized carbons (Fsp3) is 0.278. The van der Waals surface area contributed by atoms with Crippen molar-refractivity contribution in [2.24, 2.45) is 0 Å². The molecule has 0 aromatic heterocycles. The number of aryl methyl sites for hydroxylation is 1. The van der Waals surface area contributed by atoms with E-state index in [0.717, 1.165) is 12.0 Å². The standard InChI is InChI=1S/C18H19FO/c1-4-13(3)14-6-8-15(9-7-14)18(20)16-10-5-12(2)11-17(16)19/h5-11,13H,4H2,1-3H3. The minimum absolute atomic E-state index is 0.131. The maximum atomic E-state index is 13.8. The van der Waals surface area contributed by atoms with E-state index in [1.165, 1.54) is 11.6 Å². The number of halogens is 1. The van der Waals surface area contributed by atoms with Crippen molar-refractivity contribution in [3.05, 3.63) is 70.5 Å². The minimum Gasteiger partial charge on any atom is -0.288 e. The number of hydrogen-bond donors (Lipinski definition) is 0. The Hall–Kier alpha value is -1.96. The molecule has 2 aromatic carbocycles. The summed E-state index contributed by atoms with van der Waals surface area (Å²) in [5.74, 6) is -0.255. The average molecular weight is 270 g/mol. The average Bonchev–Trinajstić information content (AvgIpc) is 2.46. The van der Waals surface area contributed by atoms with Crippen LogP contribution in [0.15, 0.2) is 42.5 Å². The normalized spacial score (nSPS) is 12.2. The van der Waals surface area contributed by atoms with Gasteiger partial charge in [0.2, 0.25) is 0 Å². The molecule has 0 aliphatic carbocycles. The highest BCUT2D eigenvalue weighted by molar-refractivity contribution is 6.09. The third-order valence-corrected chi connectivity index (χ3v) is 3.72. The molecule has 0 heterocycles. The van der Waals surface area contributed by atoms with Gasteiger partial charge in [-0.2, -0.15) is 0 Å². The smallest absolute Gasteiger partial charge is 0.195 e. The number of hydrogen-bond acceptors (Lipinski definition) is 1. The van der Waals surface area contributed by atoms with Gasteiger partial charge in [-0.15, -0.1) is 0 Å². The number of carbonyl (C=O) groups excluding carboxylic acids is 1. The van der Waals surface area contributed by atoms with Crippen molar-refractivity contribution in [3.8, 4) is 0 Å². The van der Waals surface area contributed by atoms with Crippen molar-refractivity contribution in [2.45, 2.75) is 33.1 Å². The summed E-state index contributed by atoms with van der Waals surface area (Å²) in [7, 11) is 0. The molecule has 1 unspecified atom stereocenters. The first-order valence-electron chi connectivity index (χ1n) is 6.93. The molecule has 0 spiro atoms. The van der Waals surface area contributed by atoms with E-state index in [4.69, 9.17) is 0 Å². The lowest BCUT2D eigenvalue weighted by Gasteiger charge is -2.09. The maximum absolute atomic E-state index is 13.8. The number of ketones is 1. The number of carbonyl (C=O) groups is 1. The van der Waals surface area contributed by atoms with Gasteiger partial charge in [0.15, 0.2) is 5.78 Å². The summed E-state index contributed by atoms with van der Waals surface area (Å²) >= 11 is 0. The van der Waals surface area contributed by atoms with E-state index in [-0.39, 0.29) is 11.3 Å². The molecule has 0 amide bonds. The van der Waals surface area contributed by atoms with E-state index < -0.39 is 5.82 Å². The summed E-state index contributed by atoms with van der Waals surface area (Å²) in [5, 5.41) is 0. The van der Waals surface area contributed by atoms with Crippen LogP contribution >= 0.6 is 0 Å². The first-order valence-corrected chi connectivity index (χ1v) is 6.93. The van der Waals surface area contributed by atoms with Crippen molar-refractivity contribution < 1.29 is 9.18 Å². The predicted molar refractivity (Wildman–Crippen MR) is 79.7 cm³/mol. The van der Waals surface area contributed by atoms with Crippen LogP contribution in [0.25, 0.3) is 0 Å². The van der Waals surface area contributed by atoms with Crippen LogP contribution in [-0.2, 0) is 0 Å². The first-order chi connectivity index (χ1) is 9.52. The summed E-state index contributed by atoms with van der Waals surface area (Å²) in [4.78, 5) is 12.3. The van der Waals surface area contributed by atoms with Crippen molar-refractivity contribution in [3.63, 3.8) is 0 Å². The lowest BCUT2D eigenvalue weighted by molar-refractivity contribution is 0.103. The Bertz CT molecular complexity index is 614. The van der Waals surface area contributed by atoms with Gasteiger partial charge >= 0.3 is 0 Å². The van der Waals surface area contributed by atoms with E-state index in [1.54, 1.807) is 31.2 Å².